The van der Waals surface area contributed by atoms with Gasteiger partial charge >= 0.3 is 12.1 Å². The molecule has 0 radical (unpaired) electrons. The maximum atomic E-state index is 13.5. The van der Waals surface area contributed by atoms with Gasteiger partial charge < -0.3 is 25.0 Å². The van der Waals surface area contributed by atoms with Crippen molar-refractivity contribution in [1.82, 2.24) is 15.5 Å². The zero-order chi connectivity index (χ0) is 25.9. The van der Waals surface area contributed by atoms with Gasteiger partial charge in [-0.1, -0.05) is 31.2 Å². The van der Waals surface area contributed by atoms with Crippen molar-refractivity contribution in [3.63, 3.8) is 0 Å². The Balaban J connectivity index is 3.21. The van der Waals surface area contributed by atoms with Gasteiger partial charge in [0, 0.05) is 7.05 Å². The average molecular weight is 496 g/mol. The van der Waals surface area contributed by atoms with E-state index < -0.39 is 41.6 Å². The minimum atomic E-state index is -1.01. The molecule has 34 heavy (non-hydrogen) atoms. The van der Waals surface area contributed by atoms with Crippen LogP contribution in [0.1, 0.15) is 51.3 Å². The molecule has 0 heterocycles. The summed E-state index contributed by atoms with van der Waals surface area (Å²) in [7, 11) is 2.73. The van der Waals surface area contributed by atoms with Crippen LogP contribution >= 0.6 is 11.8 Å². The molecule has 0 aliphatic rings. The fraction of sp³-hybridized carbons (Fsp3) is 0.583. The van der Waals surface area contributed by atoms with Gasteiger partial charge in [-0.3, -0.25) is 14.4 Å². The fourth-order valence-corrected chi connectivity index (χ4v) is 3.60. The first kappa shape index (κ1) is 29.3. The van der Waals surface area contributed by atoms with Crippen LogP contribution in [-0.2, 0) is 30.3 Å². The molecule has 2 atom stereocenters. The number of hydrogen-bond acceptors (Lipinski definition) is 7. The maximum absolute atomic E-state index is 13.5. The van der Waals surface area contributed by atoms with Gasteiger partial charge in [0.25, 0.3) is 0 Å². The molecule has 3 amide bonds. The number of thioether (sulfide) groups is 1. The highest BCUT2D eigenvalue weighted by atomic mass is 32.2. The van der Waals surface area contributed by atoms with E-state index in [2.05, 4.69) is 15.4 Å². The minimum Gasteiger partial charge on any atom is -0.468 e. The van der Waals surface area contributed by atoms with Gasteiger partial charge in [-0.15, -0.1) is 0 Å². The Morgan fingerprint density at radius 2 is 1.74 bits per heavy atom. The van der Waals surface area contributed by atoms with Crippen molar-refractivity contribution in [2.24, 2.45) is 0 Å². The van der Waals surface area contributed by atoms with Crippen molar-refractivity contribution in [3.05, 3.63) is 35.4 Å². The van der Waals surface area contributed by atoms with Crippen LogP contribution in [0.3, 0.4) is 0 Å². The fourth-order valence-electron chi connectivity index (χ4n) is 3.13. The molecular weight excluding hydrogens is 458 g/mol. The number of methoxy groups -OCH3 is 1. The number of likely N-dealkylation sites (N-methyl/N-ethyl adjacent to an activating group) is 1. The van der Waals surface area contributed by atoms with E-state index in [1.807, 2.05) is 25.3 Å². The Morgan fingerprint density at radius 3 is 2.24 bits per heavy atom. The van der Waals surface area contributed by atoms with Crippen molar-refractivity contribution >= 4 is 35.6 Å². The standard InChI is InChI=1S/C24H37N3O6S/c1-8-16-9-11-17(12-10-16)20(21(29)25-15-19(28)32-6)27(5)22(30)18(13-14-34-7)26-23(31)33-24(2,3)4/h9-12,18,20H,8,13-15H2,1-7H3,(H,25,29)(H,26,31). The molecule has 2 unspecified atom stereocenters. The monoisotopic (exact) mass is 495 g/mol. The van der Waals surface area contributed by atoms with E-state index in [1.54, 1.807) is 32.9 Å². The first-order chi connectivity index (χ1) is 15.9. The molecular formula is C24H37N3O6S. The molecule has 0 saturated carbocycles. The zero-order valence-corrected chi connectivity index (χ0v) is 21.9. The molecule has 1 aromatic rings. The maximum Gasteiger partial charge on any atom is 0.408 e. The van der Waals surface area contributed by atoms with Gasteiger partial charge in [-0.2, -0.15) is 11.8 Å². The molecule has 0 aliphatic carbocycles. The highest BCUT2D eigenvalue weighted by molar-refractivity contribution is 7.98. The number of nitrogens with one attached hydrogen (secondary N) is 2. The highest BCUT2D eigenvalue weighted by Gasteiger charge is 2.34. The number of benzene rings is 1. The molecule has 1 aromatic carbocycles. The van der Waals surface area contributed by atoms with E-state index >= 15 is 0 Å². The van der Waals surface area contributed by atoms with E-state index in [-0.39, 0.29) is 6.54 Å². The van der Waals surface area contributed by atoms with Gasteiger partial charge in [-0.05, 0) is 56.7 Å². The Labute approximate surface area is 206 Å². The minimum absolute atomic E-state index is 0.326. The number of nitrogens with zero attached hydrogens (tertiary/aromatic N) is 1. The van der Waals surface area contributed by atoms with Crippen molar-refractivity contribution in [2.45, 2.75) is 58.2 Å². The van der Waals surface area contributed by atoms with Gasteiger partial charge in [-0.25, -0.2) is 4.79 Å². The van der Waals surface area contributed by atoms with Crippen LogP contribution in [0.25, 0.3) is 0 Å². The smallest absolute Gasteiger partial charge is 0.408 e. The molecule has 2 N–H and O–H groups in total. The molecule has 0 spiro atoms. The Bertz CT molecular complexity index is 838. The molecule has 0 fully saturated rings. The van der Waals surface area contributed by atoms with Crippen molar-refractivity contribution in [1.29, 1.82) is 0 Å². The van der Waals surface area contributed by atoms with Crippen LogP contribution in [0.15, 0.2) is 24.3 Å². The van der Waals surface area contributed by atoms with Gasteiger partial charge in [0.05, 0.1) is 7.11 Å². The Hall–Kier alpha value is -2.75. The lowest BCUT2D eigenvalue weighted by molar-refractivity contribution is -0.143. The number of carbonyl (C=O) groups is 4. The predicted molar refractivity (Wildman–Crippen MR) is 133 cm³/mol. The van der Waals surface area contributed by atoms with E-state index in [9.17, 15) is 19.2 Å². The van der Waals surface area contributed by atoms with Crippen LogP contribution in [0.2, 0.25) is 0 Å². The average Bonchev–Trinajstić information content (AvgIpc) is 2.78. The summed E-state index contributed by atoms with van der Waals surface area (Å²) in [5.41, 5.74) is 0.938. The summed E-state index contributed by atoms with van der Waals surface area (Å²) < 4.78 is 9.91. The summed E-state index contributed by atoms with van der Waals surface area (Å²) in [6, 6.07) is 5.43. The summed E-state index contributed by atoms with van der Waals surface area (Å²) in [6.45, 7) is 6.90. The summed E-state index contributed by atoms with van der Waals surface area (Å²) in [4.78, 5) is 51.7. The molecule has 190 valence electrons. The molecule has 0 aliphatic heterocycles. The Morgan fingerprint density at radius 1 is 1.12 bits per heavy atom. The number of carbonyl (C=O) groups excluding carboxylic acids is 4. The van der Waals surface area contributed by atoms with E-state index in [4.69, 9.17) is 4.74 Å². The summed E-state index contributed by atoms with van der Waals surface area (Å²) in [6.07, 6.45) is 2.37. The highest BCUT2D eigenvalue weighted by Crippen LogP contribution is 2.22. The molecule has 0 bridgehead atoms. The number of hydrogen-bond donors (Lipinski definition) is 2. The number of rotatable bonds is 11. The van der Waals surface area contributed by atoms with Crippen molar-refractivity contribution in [3.8, 4) is 0 Å². The normalized spacial score (nSPS) is 12.8. The molecule has 9 nitrogen and oxygen atoms in total. The second-order valence-corrected chi connectivity index (χ2v) is 9.71. The lowest BCUT2D eigenvalue weighted by atomic mass is 10.0. The van der Waals surface area contributed by atoms with Gasteiger partial charge in [0.2, 0.25) is 11.8 Å². The number of esters is 1. The third-order valence-electron chi connectivity index (χ3n) is 4.92. The van der Waals surface area contributed by atoms with E-state index in [0.717, 1.165) is 12.0 Å². The third-order valence-corrected chi connectivity index (χ3v) is 5.57. The number of alkyl carbamates (subject to hydrolysis) is 1. The quantitative estimate of drug-likeness (QED) is 0.454. The molecule has 10 heteroatoms. The number of amides is 3. The van der Waals surface area contributed by atoms with Crippen LogP contribution in [0, 0.1) is 0 Å². The molecule has 0 aromatic heterocycles. The lowest BCUT2D eigenvalue weighted by Gasteiger charge is -2.31. The van der Waals surface area contributed by atoms with Crippen LogP contribution in [0.4, 0.5) is 4.79 Å². The summed E-state index contributed by atoms with van der Waals surface area (Å²) >= 11 is 1.53. The van der Waals surface area contributed by atoms with Crippen LogP contribution in [-0.4, -0.2) is 73.1 Å². The summed E-state index contributed by atoms with van der Waals surface area (Å²) in [5, 5.41) is 5.17. The first-order valence-electron chi connectivity index (χ1n) is 11.1. The number of ether oxygens (including phenoxy) is 2. The molecule has 1 rings (SSSR count). The topological polar surface area (TPSA) is 114 Å². The zero-order valence-electron chi connectivity index (χ0n) is 21.1. The predicted octanol–water partition coefficient (Wildman–Crippen LogP) is 2.68. The van der Waals surface area contributed by atoms with E-state index in [0.29, 0.717) is 17.7 Å². The van der Waals surface area contributed by atoms with Crippen molar-refractivity contribution < 1.29 is 28.7 Å². The molecule has 0 saturated heterocycles. The summed E-state index contributed by atoms with van der Waals surface area (Å²) in [5.74, 6) is -0.972. The lowest BCUT2D eigenvalue weighted by Crippen LogP contribution is -2.52. The SMILES string of the molecule is CCc1ccc(C(C(=O)NCC(=O)OC)N(C)C(=O)C(CCSC)NC(=O)OC(C)(C)C)cc1. The Kier molecular flexibility index (Phi) is 11.9. The second kappa shape index (κ2) is 13.8. The third kappa shape index (κ3) is 9.62. The van der Waals surface area contributed by atoms with E-state index in [1.165, 1.54) is 30.8 Å². The van der Waals surface area contributed by atoms with Crippen molar-refractivity contribution in [2.75, 3.05) is 32.7 Å². The first-order valence-corrected chi connectivity index (χ1v) is 12.5. The van der Waals surface area contributed by atoms with Gasteiger partial charge in [0.1, 0.15) is 24.2 Å². The van der Waals surface area contributed by atoms with Crippen LogP contribution < -0.4 is 10.6 Å². The second-order valence-electron chi connectivity index (χ2n) is 8.72. The van der Waals surface area contributed by atoms with Gasteiger partial charge in [0.15, 0.2) is 0 Å². The largest absolute Gasteiger partial charge is 0.468 e. The number of aryl methyl sites for hydroxylation is 1. The van der Waals surface area contributed by atoms with Crippen LogP contribution in [0.5, 0.6) is 0 Å².